The molecule has 0 aromatic carbocycles. The van der Waals surface area contributed by atoms with Crippen molar-refractivity contribution in [2.24, 2.45) is 11.7 Å². The topological polar surface area (TPSA) is 64.8 Å². The second-order valence-electron chi connectivity index (χ2n) is 5.54. The largest absolute Gasteiger partial charge is 0.465 e. The highest BCUT2D eigenvalue weighted by Gasteiger charge is 2.22. The maximum Gasteiger partial charge on any atom is 0.323 e. The number of carbonyl (C=O) groups is 1. The van der Waals surface area contributed by atoms with E-state index in [1.165, 1.54) is 0 Å². The van der Waals surface area contributed by atoms with Crippen molar-refractivity contribution in [2.75, 3.05) is 44.4 Å². The van der Waals surface area contributed by atoms with Crippen molar-refractivity contribution in [2.45, 2.75) is 32.9 Å². The van der Waals surface area contributed by atoms with E-state index in [0.29, 0.717) is 18.3 Å². The van der Waals surface area contributed by atoms with Gasteiger partial charge in [-0.3, -0.25) is 9.69 Å². The third kappa shape index (κ3) is 6.92. The van der Waals surface area contributed by atoms with E-state index in [1.54, 1.807) is 18.7 Å². The Morgan fingerprint density at radius 3 is 2.95 bits per heavy atom. The quantitative estimate of drug-likeness (QED) is 0.674. The van der Waals surface area contributed by atoms with Gasteiger partial charge in [0.25, 0.3) is 0 Å². The van der Waals surface area contributed by atoms with Crippen LogP contribution in [0.5, 0.6) is 0 Å². The van der Waals surface area contributed by atoms with Gasteiger partial charge in [-0.2, -0.15) is 11.8 Å². The van der Waals surface area contributed by atoms with E-state index >= 15 is 0 Å². The van der Waals surface area contributed by atoms with Crippen LogP contribution < -0.4 is 5.73 Å². The van der Waals surface area contributed by atoms with E-state index in [-0.39, 0.29) is 12.1 Å². The molecular formula is C14H28N2O3S. The zero-order chi connectivity index (χ0) is 15.0. The van der Waals surface area contributed by atoms with Gasteiger partial charge in [0.2, 0.25) is 0 Å². The van der Waals surface area contributed by atoms with Crippen LogP contribution >= 0.6 is 11.8 Å². The summed E-state index contributed by atoms with van der Waals surface area (Å²) in [6, 6.07) is -0.532. The van der Waals surface area contributed by atoms with Crippen LogP contribution in [0.1, 0.15) is 20.8 Å². The summed E-state index contributed by atoms with van der Waals surface area (Å²) in [4.78, 5) is 13.8. The maximum absolute atomic E-state index is 11.4. The summed E-state index contributed by atoms with van der Waals surface area (Å²) in [6.45, 7) is 10.5. The number of morpholine rings is 1. The lowest BCUT2D eigenvalue weighted by Crippen LogP contribution is -2.45. The second kappa shape index (κ2) is 9.60. The first-order valence-corrected chi connectivity index (χ1v) is 8.52. The van der Waals surface area contributed by atoms with Crippen molar-refractivity contribution < 1.29 is 14.3 Å². The van der Waals surface area contributed by atoms with Gasteiger partial charge in [0, 0.05) is 31.1 Å². The average Bonchev–Trinajstić information content (AvgIpc) is 2.38. The fraction of sp³-hybridized carbons (Fsp3) is 0.929. The first-order valence-electron chi connectivity index (χ1n) is 7.36. The van der Waals surface area contributed by atoms with Gasteiger partial charge in [0.15, 0.2) is 0 Å². The molecule has 1 heterocycles. The molecule has 118 valence electrons. The first-order chi connectivity index (χ1) is 9.52. The van der Waals surface area contributed by atoms with Gasteiger partial charge < -0.3 is 15.2 Å². The molecule has 1 rings (SSSR count). The molecule has 6 heteroatoms. The number of hydrogen-bond acceptors (Lipinski definition) is 6. The number of nitrogens with two attached hydrogens (primary N) is 1. The van der Waals surface area contributed by atoms with Crippen LogP contribution in [0.3, 0.4) is 0 Å². The second-order valence-corrected chi connectivity index (χ2v) is 6.62. The zero-order valence-corrected chi connectivity index (χ0v) is 13.7. The fourth-order valence-electron chi connectivity index (χ4n) is 2.21. The van der Waals surface area contributed by atoms with Crippen molar-refractivity contribution >= 4 is 17.7 Å². The summed E-state index contributed by atoms with van der Waals surface area (Å²) < 4.78 is 10.7. The van der Waals surface area contributed by atoms with Gasteiger partial charge in [0.1, 0.15) is 6.04 Å². The van der Waals surface area contributed by atoms with Gasteiger partial charge in [-0.25, -0.2) is 0 Å². The predicted molar refractivity (Wildman–Crippen MR) is 83.0 cm³/mol. The molecule has 0 aliphatic carbocycles. The third-order valence-electron chi connectivity index (χ3n) is 3.04. The third-order valence-corrected chi connectivity index (χ3v) is 4.24. The highest BCUT2D eigenvalue weighted by Crippen LogP contribution is 2.13. The zero-order valence-electron chi connectivity index (χ0n) is 12.8. The van der Waals surface area contributed by atoms with E-state index in [0.717, 1.165) is 32.0 Å². The molecule has 2 atom stereocenters. The Hall–Kier alpha value is -0.300. The van der Waals surface area contributed by atoms with Gasteiger partial charge in [0.05, 0.1) is 19.3 Å². The van der Waals surface area contributed by atoms with Crippen LogP contribution in [0.25, 0.3) is 0 Å². The molecule has 1 fully saturated rings. The number of thioether (sulfide) groups is 1. The molecule has 0 bridgehead atoms. The van der Waals surface area contributed by atoms with Gasteiger partial charge in [-0.1, -0.05) is 13.8 Å². The van der Waals surface area contributed by atoms with Crippen molar-refractivity contribution in [1.29, 1.82) is 0 Å². The summed E-state index contributed by atoms with van der Waals surface area (Å²) in [5.74, 6) is 1.83. The smallest absolute Gasteiger partial charge is 0.323 e. The molecule has 0 aromatic rings. The van der Waals surface area contributed by atoms with Crippen LogP contribution in [-0.2, 0) is 14.3 Å². The monoisotopic (exact) mass is 304 g/mol. The molecular weight excluding hydrogens is 276 g/mol. The Labute approximate surface area is 126 Å². The summed E-state index contributed by atoms with van der Waals surface area (Å²) in [6.07, 6.45) is 0.238. The van der Waals surface area contributed by atoms with Gasteiger partial charge in [-0.15, -0.1) is 0 Å². The molecule has 20 heavy (non-hydrogen) atoms. The van der Waals surface area contributed by atoms with Crippen molar-refractivity contribution in [3.63, 3.8) is 0 Å². The molecule has 2 N–H and O–H groups in total. The molecule has 5 nitrogen and oxygen atoms in total. The van der Waals surface area contributed by atoms with Gasteiger partial charge >= 0.3 is 5.97 Å². The molecule has 0 radical (unpaired) electrons. The number of carbonyl (C=O) groups excluding carboxylic acids is 1. The molecule has 1 aliphatic heterocycles. The number of nitrogens with zero attached hydrogens (tertiary/aromatic N) is 1. The Bertz CT molecular complexity index is 290. The minimum absolute atomic E-state index is 0.238. The van der Waals surface area contributed by atoms with Gasteiger partial charge in [-0.05, 0) is 12.8 Å². The van der Waals surface area contributed by atoms with Crippen LogP contribution in [0.2, 0.25) is 0 Å². The summed E-state index contributed by atoms with van der Waals surface area (Å²) in [7, 11) is 0. The van der Waals surface area contributed by atoms with E-state index in [2.05, 4.69) is 18.7 Å². The summed E-state index contributed by atoms with van der Waals surface area (Å²) >= 11 is 1.67. The maximum atomic E-state index is 11.4. The minimum Gasteiger partial charge on any atom is -0.465 e. The number of rotatable bonds is 8. The molecule has 0 spiro atoms. The van der Waals surface area contributed by atoms with Crippen molar-refractivity contribution in [3.05, 3.63) is 0 Å². The summed E-state index contributed by atoms with van der Waals surface area (Å²) in [5, 5.41) is 0. The molecule has 0 aromatic heterocycles. The highest BCUT2D eigenvalue weighted by atomic mass is 32.2. The molecule has 0 saturated carbocycles. The predicted octanol–water partition coefficient (Wildman–Crippen LogP) is 0.967. The molecule has 1 aliphatic rings. The lowest BCUT2D eigenvalue weighted by Gasteiger charge is -2.33. The van der Waals surface area contributed by atoms with Crippen LogP contribution in [0.4, 0.5) is 0 Å². The van der Waals surface area contributed by atoms with E-state index in [1.807, 2.05) is 0 Å². The lowest BCUT2D eigenvalue weighted by atomic mass is 10.2. The summed E-state index contributed by atoms with van der Waals surface area (Å²) in [5.41, 5.74) is 5.77. The lowest BCUT2D eigenvalue weighted by molar-refractivity contribution is -0.144. The average molecular weight is 304 g/mol. The Balaban J connectivity index is 2.19. The Morgan fingerprint density at radius 2 is 2.30 bits per heavy atom. The van der Waals surface area contributed by atoms with Crippen LogP contribution in [0, 0.1) is 5.92 Å². The molecule has 1 saturated heterocycles. The van der Waals surface area contributed by atoms with Crippen LogP contribution in [0.15, 0.2) is 0 Å². The van der Waals surface area contributed by atoms with Crippen LogP contribution in [-0.4, -0.2) is 67.4 Å². The molecule has 0 amide bonds. The number of ether oxygens (including phenoxy) is 2. The number of esters is 1. The Kier molecular flexibility index (Phi) is 8.52. The SMILES string of the molecule is CCOC(=O)C(N)CSCC1CN(CC(C)C)CCO1. The van der Waals surface area contributed by atoms with Crippen molar-refractivity contribution in [3.8, 4) is 0 Å². The highest BCUT2D eigenvalue weighted by molar-refractivity contribution is 7.99. The Morgan fingerprint density at radius 1 is 1.55 bits per heavy atom. The van der Waals surface area contributed by atoms with E-state index < -0.39 is 6.04 Å². The normalized spacial score (nSPS) is 21.9. The van der Waals surface area contributed by atoms with E-state index in [4.69, 9.17) is 15.2 Å². The van der Waals surface area contributed by atoms with Crippen molar-refractivity contribution in [1.82, 2.24) is 4.90 Å². The fourth-order valence-corrected chi connectivity index (χ4v) is 3.20. The molecule has 2 unspecified atom stereocenters. The standard InChI is InChI=1S/C14H28N2O3S/c1-4-18-14(17)13(15)10-20-9-12-8-16(5-6-19-12)7-11(2)3/h11-13H,4-10,15H2,1-3H3. The first kappa shape index (κ1) is 17.8. The van der Waals surface area contributed by atoms with E-state index in [9.17, 15) is 4.79 Å². The number of hydrogen-bond donors (Lipinski definition) is 1. The minimum atomic E-state index is -0.532.